The van der Waals surface area contributed by atoms with Crippen LogP contribution in [0.2, 0.25) is 0 Å². The van der Waals surface area contributed by atoms with Crippen molar-refractivity contribution >= 4 is 9.84 Å². The largest absolute Gasteiger partial charge is 0.378 e. The molecule has 0 aliphatic carbocycles. The van der Waals surface area contributed by atoms with Gasteiger partial charge in [0.2, 0.25) is 0 Å². The normalized spacial score (nSPS) is 11.3. The van der Waals surface area contributed by atoms with Crippen molar-refractivity contribution in [1.82, 2.24) is 0 Å². The van der Waals surface area contributed by atoms with Gasteiger partial charge in [-0.15, -0.1) is 6.42 Å². The van der Waals surface area contributed by atoms with Crippen LogP contribution in [0.1, 0.15) is 5.56 Å². The number of hydrogen-bond donors (Lipinski definition) is 0. The highest BCUT2D eigenvalue weighted by Crippen LogP contribution is 2.11. The van der Waals surface area contributed by atoms with Gasteiger partial charge in [-0.1, -0.05) is 23.6 Å². The van der Waals surface area contributed by atoms with Crippen LogP contribution in [0, 0.1) is 19.3 Å². The van der Waals surface area contributed by atoms with E-state index in [-0.39, 0.29) is 19.0 Å². The van der Waals surface area contributed by atoms with E-state index in [1.165, 1.54) is 0 Å². The molecule has 0 heterocycles. The maximum atomic E-state index is 12.0. The van der Waals surface area contributed by atoms with Crippen molar-refractivity contribution in [1.29, 1.82) is 0 Å². The van der Waals surface area contributed by atoms with E-state index in [2.05, 4.69) is 5.92 Å². The van der Waals surface area contributed by atoms with Crippen LogP contribution in [-0.4, -0.2) is 53.8 Å². The third kappa shape index (κ3) is 7.57. The zero-order valence-corrected chi connectivity index (χ0v) is 13.6. The molecule has 1 aromatic carbocycles. The Morgan fingerprint density at radius 2 is 1.50 bits per heavy atom. The molecule has 0 aliphatic heterocycles. The van der Waals surface area contributed by atoms with Crippen molar-refractivity contribution in [3.63, 3.8) is 0 Å². The molecular weight excluding hydrogens is 304 g/mol. The van der Waals surface area contributed by atoms with Crippen LogP contribution in [-0.2, 0) is 24.0 Å². The molecule has 0 atom stereocenters. The molecule has 0 spiro atoms. The summed E-state index contributed by atoms with van der Waals surface area (Å²) >= 11 is 0. The SMILES string of the molecule is C#CCOCCOCCOCCS(=O)(=O)c1ccc(C)cc1. The molecular formula is C16H22O5S. The fraction of sp³-hybridized carbons (Fsp3) is 0.500. The molecule has 0 unspecified atom stereocenters. The number of sulfone groups is 1. The molecule has 1 rings (SSSR count). The summed E-state index contributed by atoms with van der Waals surface area (Å²) in [6.45, 7) is 3.95. The van der Waals surface area contributed by atoms with Crippen LogP contribution in [0.15, 0.2) is 29.2 Å². The van der Waals surface area contributed by atoms with Gasteiger partial charge in [-0.3, -0.25) is 0 Å². The summed E-state index contributed by atoms with van der Waals surface area (Å²) in [5, 5.41) is 0. The monoisotopic (exact) mass is 326 g/mol. The van der Waals surface area contributed by atoms with Crippen LogP contribution in [0.5, 0.6) is 0 Å². The summed E-state index contributed by atoms with van der Waals surface area (Å²) in [6.07, 6.45) is 5.02. The van der Waals surface area contributed by atoms with Gasteiger partial charge in [0.05, 0.1) is 43.7 Å². The lowest BCUT2D eigenvalue weighted by Gasteiger charge is -2.07. The van der Waals surface area contributed by atoms with E-state index in [0.717, 1.165) is 5.56 Å². The Morgan fingerprint density at radius 1 is 0.955 bits per heavy atom. The van der Waals surface area contributed by atoms with Crippen LogP contribution in [0.4, 0.5) is 0 Å². The summed E-state index contributed by atoms with van der Waals surface area (Å²) in [6, 6.07) is 6.79. The fourth-order valence-corrected chi connectivity index (χ4v) is 2.73. The second kappa shape index (κ2) is 10.4. The number of aryl methyl sites for hydroxylation is 1. The first-order valence-electron chi connectivity index (χ1n) is 7.02. The molecule has 6 heteroatoms. The second-order valence-corrected chi connectivity index (χ2v) is 6.72. The molecule has 0 aliphatic rings. The molecule has 0 radical (unpaired) electrons. The van der Waals surface area contributed by atoms with Gasteiger partial charge in [0.1, 0.15) is 6.61 Å². The Labute approximate surface area is 132 Å². The lowest BCUT2D eigenvalue weighted by molar-refractivity contribution is 0.0234. The quantitative estimate of drug-likeness (QED) is 0.455. The average molecular weight is 326 g/mol. The van der Waals surface area contributed by atoms with Crippen LogP contribution in [0.25, 0.3) is 0 Å². The van der Waals surface area contributed by atoms with E-state index in [4.69, 9.17) is 20.6 Å². The van der Waals surface area contributed by atoms with Gasteiger partial charge >= 0.3 is 0 Å². The molecule has 0 fully saturated rings. The van der Waals surface area contributed by atoms with Gasteiger partial charge in [-0.05, 0) is 19.1 Å². The Bertz CT molecular complexity index is 557. The zero-order chi connectivity index (χ0) is 16.3. The minimum Gasteiger partial charge on any atom is -0.378 e. The molecule has 122 valence electrons. The van der Waals surface area contributed by atoms with Crippen molar-refractivity contribution < 1.29 is 22.6 Å². The molecule has 0 aromatic heterocycles. The molecule has 1 aromatic rings. The van der Waals surface area contributed by atoms with Crippen LogP contribution >= 0.6 is 0 Å². The van der Waals surface area contributed by atoms with Crippen molar-refractivity contribution in [2.24, 2.45) is 0 Å². The van der Waals surface area contributed by atoms with Gasteiger partial charge in [0.15, 0.2) is 9.84 Å². The Balaban J connectivity index is 2.11. The van der Waals surface area contributed by atoms with E-state index in [1.807, 2.05) is 6.92 Å². The van der Waals surface area contributed by atoms with Gasteiger partial charge in [0, 0.05) is 0 Å². The molecule has 0 saturated heterocycles. The van der Waals surface area contributed by atoms with Crippen molar-refractivity contribution in [3.8, 4) is 12.3 Å². The highest BCUT2D eigenvalue weighted by atomic mass is 32.2. The first-order chi connectivity index (χ1) is 10.6. The van der Waals surface area contributed by atoms with Crippen LogP contribution < -0.4 is 0 Å². The van der Waals surface area contributed by atoms with E-state index >= 15 is 0 Å². The number of rotatable bonds is 11. The zero-order valence-electron chi connectivity index (χ0n) is 12.8. The maximum absolute atomic E-state index is 12.0. The highest BCUT2D eigenvalue weighted by Gasteiger charge is 2.13. The van der Waals surface area contributed by atoms with E-state index in [0.29, 0.717) is 31.3 Å². The highest BCUT2D eigenvalue weighted by molar-refractivity contribution is 7.91. The minimum absolute atomic E-state index is 0.0403. The van der Waals surface area contributed by atoms with Crippen molar-refractivity contribution in [3.05, 3.63) is 29.8 Å². The number of ether oxygens (including phenoxy) is 3. The van der Waals surface area contributed by atoms with Gasteiger partial charge in [-0.2, -0.15) is 0 Å². The minimum atomic E-state index is -3.29. The molecule has 0 N–H and O–H groups in total. The van der Waals surface area contributed by atoms with E-state index in [9.17, 15) is 8.42 Å². The maximum Gasteiger partial charge on any atom is 0.180 e. The summed E-state index contributed by atoms with van der Waals surface area (Å²) in [7, 11) is -3.29. The first kappa shape index (κ1) is 18.7. The summed E-state index contributed by atoms with van der Waals surface area (Å²) in [5.74, 6) is 2.32. The topological polar surface area (TPSA) is 61.8 Å². The summed E-state index contributed by atoms with van der Waals surface area (Å²) < 4.78 is 39.6. The lowest BCUT2D eigenvalue weighted by Crippen LogP contribution is -2.15. The van der Waals surface area contributed by atoms with Gasteiger partial charge < -0.3 is 14.2 Å². The standard InChI is InChI=1S/C16H22O5S/c1-3-8-19-9-10-20-11-12-21-13-14-22(17,18)16-6-4-15(2)5-7-16/h1,4-7H,8-14H2,2H3. The van der Waals surface area contributed by atoms with E-state index in [1.54, 1.807) is 24.3 Å². The van der Waals surface area contributed by atoms with Gasteiger partial charge in [-0.25, -0.2) is 8.42 Å². The second-order valence-electron chi connectivity index (χ2n) is 4.61. The van der Waals surface area contributed by atoms with E-state index < -0.39 is 9.84 Å². The summed E-state index contributed by atoms with van der Waals surface area (Å²) in [5.41, 5.74) is 1.03. The molecule has 0 amide bonds. The third-order valence-electron chi connectivity index (χ3n) is 2.81. The molecule has 5 nitrogen and oxygen atoms in total. The smallest absolute Gasteiger partial charge is 0.180 e. The molecule has 0 saturated carbocycles. The van der Waals surface area contributed by atoms with Crippen molar-refractivity contribution in [2.75, 3.05) is 45.4 Å². The van der Waals surface area contributed by atoms with Gasteiger partial charge in [0.25, 0.3) is 0 Å². The van der Waals surface area contributed by atoms with Crippen LogP contribution in [0.3, 0.4) is 0 Å². The Kier molecular flexibility index (Phi) is 8.78. The number of terminal acetylenes is 1. The predicted octanol–water partition coefficient (Wildman–Crippen LogP) is 1.45. The first-order valence-corrected chi connectivity index (χ1v) is 8.67. The average Bonchev–Trinajstić information content (AvgIpc) is 2.49. The molecule has 22 heavy (non-hydrogen) atoms. The Hall–Kier alpha value is -1.39. The summed E-state index contributed by atoms with van der Waals surface area (Å²) in [4.78, 5) is 0.323. The van der Waals surface area contributed by atoms with Crippen molar-refractivity contribution in [2.45, 2.75) is 11.8 Å². The fourth-order valence-electron chi connectivity index (χ4n) is 1.60. The Morgan fingerprint density at radius 3 is 2.09 bits per heavy atom. The molecule has 0 bridgehead atoms. The number of benzene rings is 1. The number of hydrogen-bond acceptors (Lipinski definition) is 5. The third-order valence-corrected chi connectivity index (χ3v) is 4.50. The predicted molar refractivity (Wildman–Crippen MR) is 84.5 cm³/mol. The lowest BCUT2D eigenvalue weighted by atomic mass is 10.2.